The molecule has 1 atom stereocenters. The maximum Gasteiger partial charge on any atom is 0.264 e. The number of carbonyl (C=O) groups excluding carboxylic acids is 3. The second-order valence-electron chi connectivity index (χ2n) is 7.76. The Kier molecular flexibility index (Phi) is 6.62. The van der Waals surface area contributed by atoms with Crippen LogP contribution in [0, 0.1) is 5.82 Å². The second-order valence-corrected chi connectivity index (χ2v) is 8.71. The number of benzene rings is 1. The first-order valence-corrected chi connectivity index (χ1v) is 11.3. The maximum atomic E-state index is 13.5. The third-order valence-corrected chi connectivity index (χ3v) is 6.59. The first-order valence-electron chi connectivity index (χ1n) is 10.4. The lowest BCUT2D eigenvalue weighted by Crippen LogP contribution is -2.57. The smallest absolute Gasteiger partial charge is 0.264 e. The van der Waals surface area contributed by atoms with E-state index in [2.05, 4.69) is 5.32 Å². The summed E-state index contributed by atoms with van der Waals surface area (Å²) in [5.41, 5.74) is 0.771. The van der Waals surface area contributed by atoms with Gasteiger partial charge in [-0.25, -0.2) is 4.39 Å². The van der Waals surface area contributed by atoms with Gasteiger partial charge >= 0.3 is 0 Å². The van der Waals surface area contributed by atoms with E-state index in [9.17, 15) is 18.8 Å². The quantitative estimate of drug-likeness (QED) is 0.760. The largest absolute Gasteiger partial charge is 0.353 e. The van der Waals surface area contributed by atoms with Crippen LogP contribution in [-0.2, 0) is 16.1 Å². The fourth-order valence-corrected chi connectivity index (χ4v) is 4.74. The number of thiophene rings is 1. The first kappa shape index (κ1) is 21.5. The predicted octanol–water partition coefficient (Wildman–Crippen LogP) is 1.56. The average Bonchev–Trinajstić information content (AvgIpc) is 3.31. The molecule has 2 saturated heterocycles. The molecule has 7 nitrogen and oxygen atoms in total. The zero-order valence-electron chi connectivity index (χ0n) is 17.1. The highest BCUT2D eigenvalue weighted by Gasteiger charge is 2.34. The van der Waals surface area contributed by atoms with Crippen molar-refractivity contribution in [2.45, 2.75) is 19.0 Å². The zero-order chi connectivity index (χ0) is 21.8. The van der Waals surface area contributed by atoms with Gasteiger partial charge in [0.05, 0.1) is 17.3 Å². The summed E-state index contributed by atoms with van der Waals surface area (Å²) < 4.78 is 13.5. The number of carbonyl (C=O) groups is 3. The van der Waals surface area contributed by atoms with Crippen molar-refractivity contribution in [3.05, 3.63) is 58.0 Å². The normalized spacial score (nSPS) is 19.9. The zero-order valence-corrected chi connectivity index (χ0v) is 17.9. The lowest BCUT2D eigenvalue weighted by atomic mass is 10.1. The summed E-state index contributed by atoms with van der Waals surface area (Å²) in [5.74, 6) is -0.603. The molecule has 2 aliphatic rings. The summed E-state index contributed by atoms with van der Waals surface area (Å²) >= 11 is 1.41. The Labute approximate surface area is 184 Å². The van der Waals surface area contributed by atoms with Crippen molar-refractivity contribution in [3.63, 3.8) is 0 Å². The number of rotatable bonds is 5. The van der Waals surface area contributed by atoms with E-state index in [-0.39, 0.29) is 30.0 Å². The highest BCUT2D eigenvalue weighted by molar-refractivity contribution is 7.12. The van der Waals surface area contributed by atoms with Crippen LogP contribution < -0.4 is 5.32 Å². The lowest BCUT2D eigenvalue weighted by molar-refractivity contribution is -0.140. The van der Waals surface area contributed by atoms with Gasteiger partial charge in [0.1, 0.15) is 5.82 Å². The maximum absolute atomic E-state index is 13.5. The fourth-order valence-electron chi connectivity index (χ4n) is 4.05. The fraction of sp³-hybridized carbons (Fsp3) is 0.409. The number of piperazine rings is 2. The minimum absolute atomic E-state index is 0.00461. The molecule has 0 aliphatic carbocycles. The molecule has 9 heteroatoms. The molecular weight excluding hydrogens is 419 g/mol. The minimum atomic E-state index is -0.588. The molecule has 0 spiro atoms. The van der Waals surface area contributed by atoms with Crippen LogP contribution in [0.15, 0.2) is 41.8 Å². The summed E-state index contributed by atoms with van der Waals surface area (Å²) in [4.78, 5) is 44.0. The molecule has 1 unspecified atom stereocenters. The number of hydrogen-bond acceptors (Lipinski definition) is 5. The van der Waals surface area contributed by atoms with E-state index in [1.807, 2.05) is 22.4 Å². The summed E-state index contributed by atoms with van der Waals surface area (Å²) in [6, 6.07) is 9.37. The van der Waals surface area contributed by atoms with Gasteiger partial charge in [0, 0.05) is 45.8 Å². The summed E-state index contributed by atoms with van der Waals surface area (Å²) in [6.07, 6.45) is 0.0695. The molecule has 31 heavy (non-hydrogen) atoms. The lowest BCUT2D eigenvalue weighted by Gasteiger charge is -2.38. The Hall–Kier alpha value is -2.78. The highest BCUT2D eigenvalue weighted by Crippen LogP contribution is 2.18. The third kappa shape index (κ3) is 5.11. The Morgan fingerprint density at radius 3 is 2.55 bits per heavy atom. The van der Waals surface area contributed by atoms with Crippen molar-refractivity contribution in [2.75, 3.05) is 39.3 Å². The molecule has 0 bridgehead atoms. The molecule has 2 aromatic rings. The molecular formula is C22H25FN4O3S. The van der Waals surface area contributed by atoms with Crippen molar-refractivity contribution in [3.8, 4) is 0 Å². The molecule has 4 rings (SSSR count). The molecule has 1 aromatic carbocycles. The Balaban J connectivity index is 1.35. The molecule has 3 heterocycles. The SMILES string of the molecule is O=C1NCCN(Cc2cccc(F)c2)C1CC(=O)N1CCN(C(=O)c2cccs2)CC1. The van der Waals surface area contributed by atoms with Crippen molar-refractivity contribution < 1.29 is 18.8 Å². The van der Waals surface area contributed by atoms with E-state index in [0.717, 1.165) is 5.56 Å². The Morgan fingerprint density at radius 2 is 1.84 bits per heavy atom. The molecule has 164 valence electrons. The second kappa shape index (κ2) is 9.57. The predicted molar refractivity (Wildman–Crippen MR) is 115 cm³/mol. The van der Waals surface area contributed by atoms with Gasteiger partial charge < -0.3 is 15.1 Å². The molecule has 2 aliphatic heterocycles. The van der Waals surface area contributed by atoms with Gasteiger partial charge in [0.15, 0.2) is 0 Å². The topological polar surface area (TPSA) is 73.0 Å². The number of hydrogen-bond donors (Lipinski definition) is 1. The van der Waals surface area contributed by atoms with Crippen LogP contribution in [0.4, 0.5) is 4.39 Å². The van der Waals surface area contributed by atoms with E-state index in [4.69, 9.17) is 0 Å². The molecule has 1 aromatic heterocycles. The van der Waals surface area contributed by atoms with E-state index in [0.29, 0.717) is 50.7 Å². The summed E-state index contributed by atoms with van der Waals surface area (Å²) in [6.45, 7) is 3.37. The van der Waals surface area contributed by atoms with Gasteiger partial charge in [-0.05, 0) is 29.1 Å². The molecule has 0 radical (unpaired) electrons. The van der Waals surface area contributed by atoms with Crippen molar-refractivity contribution in [1.29, 1.82) is 0 Å². The molecule has 3 amide bonds. The number of nitrogens with zero attached hydrogens (tertiary/aromatic N) is 3. The standard InChI is InChI=1S/C22H25FN4O3S/c23-17-4-1-3-16(13-17)15-27-7-6-24-21(29)18(27)14-20(28)25-8-10-26(11-9-25)22(30)19-5-2-12-31-19/h1-5,12-13,18H,6-11,14-15H2,(H,24,29). The number of nitrogens with one attached hydrogen (secondary N) is 1. The Bertz CT molecular complexity index is 944. The average molecular weight is 445 g/mol. The van der Waals surface area contributed by atoms with Crippen LogP contribution >= 0.6 is 11.3 Å². The third-order valence-electron chi connectivity index (χ3n) is 5.74. The van der Waals surface area contributed by atoms with Gasteiger partial charge in [0.2, 0.25) is 11.8 Å². The highest BCUT2D eigenvalue weighted by atomic mass is 32.1. The summed E-state index contributed by atoms with van der Waals surface area (Å²) in [7, 11) is 0. The minimum Gasteiger partial charge on any atom is -0.353 e. The van der Waals surface area contributed by atoms with Crippen molar-refractivity contribution >= 4 is 29.1 Å². The Morgan fingerprint density at radius 1 is 1.06 bits per heavy atom. The van der Waals surface area contributed by atoms with Crippen LogP contribution in [0.1, 0.15) is 21.7 Å². The monoisotopic (exact) mass is 444 g/mol. The van der Waals surface area contributed by atoms with E-state index < -0.39 is 6.04 Å². The van der Waals surface area contributed by atoms with E-state index >= 15 is 0 Å². The van der Waals surface area contributed by atoms with Crippen LogP contribution in [0.25, 0.3) is 0 Å². The number of amides is 3. The van der Waals surface area contributed by atoms with Gasteiger partial charge in [-0.15, -0.1) is 11.3 Å². The van der Waals surface area contributed by atoms with Gasteiger partial charge in [0.25, 0.3) is 5.91 Å². The van der Waals surface area contributed by atoms with Crippen molar-refractivity contribution in [2.24, 2.45) is 0 Å². The van der Waals surface area contributed by atoms with Gasteiger partial charge in [-0.1, -0.05) is 18.2 Å². The summed E-state index contributed by atoms with van der Waals surface area (Å²) in [5, 5.41) is 4.70. The van der Waals surface area contributed by atoms with E-state index in [1.165, 1.54) is 23.5 Å². The molecule has 2 fully saturated rings. The number of halogens is 1. The van der Waals surface area contributed by atoms with E-state index in [1.54, 1.807) is 21.9 Å². The van der Waals surface area contributed by atoms with Crippen LogP contribution in [0.2, 0.25) is 0 Å². The van der Waals surface area contributed by atoms with Crippen LogP contribution in [-0.4, -0.2) is 77.7 Å². The molecule has 1 N–H and O–H groups in total. The first-order chi connectivity index (χ1) is 15.0. The van der Waals surface area contributed by atoms with Gasteiger partial charge in [-0.2, -0.15) is 0 Å². The van der Waals surface area contributed by atoms with Crippen LogP contribution in [0.3, 0.4) is 0 Å². The van der Waals surface area contributed by atoms with Gasteiger partial charge in [-0.3, -0.25) is 19.3 Å². The molecule has 0 saturated carbocycles. The van der Waals surface area contributed by atoms with Crippen LogP contribution in [0.5, 0.6) is 0 Å². The van der Waals surface area contributed by atoms with Crippen molar-refractivity contribution in [1.82, 2.24) is 20.0 Å².